The van der Waals surface area contributed by atoms with Crippen molar-refractivity contribution < 1.29 is 0 Å². The molecule has 0 aromatic carbocycles. The van der Waals surface area contributed by atoms with Gasteiger partial charge in [0.15, 0.2) is 11.6 Å². The smallest absolute Gasteiger partial charge is 0.224 e. The highest BCUT2D eigenvalue weighted by atomic mass is 35.5. The second kappa shape index (κ2) is 3.65. The topological polar surface area (TPSA) is 59.7 Å². The molecule has 1 atom stereocenters. The maximum Gasteiger partial charge on any atom is 0.224 e. The summed E-state index contributed by atoms with van der Waals surface area (Å²) in [5.74, 6) is 1.88. The van der Waals surface area contributed by atoms with Crippen LogP contribution in [0.15, 0.2) is 12.5 Å². The minimum Gasteiger partial charge on any atom is -0.344 e. The van der Waals surface area contributed by atoms with Crippen molar-refractivity contribution in [1.29, 1.82) is 0 Å². The second-order valence-corrected chi connectivity index (χ2v) is 4.95. The Bertz CT molecular complexity index is 609. The molecule has 6 nitrogen and oxygen atoms in total. The zero-order valence-corrected chi connectivity index (χ0v) is 10.4. The van der Waals surface area contributed by atoms with Crippen LogP contribution in [0.4, 0.5) is 5.82 Å². The van der Waals surface area contributed by atoms with Crippen LogP contribution in [0, 0.1) is 0 Å². The lowest BCUT2D eigenvalue weighted by molar-refractivity contribution is 0.437. The largest absolute Gasteiger partial charge is 0.344 e. The van der Waals surface area contributed by atoms with E-state index < -0.39 is 0 Å². The molecular formula is C11H11ClN6. The molecule has 2 aromatic rings. The summed E-state index contributed by atoms with van der Waals surface area (Å²) in [5.41, 5.74) is 0.914. The summed E-state index contributed by atoms with van der Waals surface area (Å²) in [4.78, 5) is 10.7. The fraction of sp³-hybridized carbons (Fsp3) is 0.455. The monoisotopic (exact) mass is 262 g/mol. The Kier molecular flexibility index (Phi) is 2.08. The van der Waals surface area contributed by atoms with Crippen molar-refractivity contribution in [3.05, 3.63) is 23.6 Å². The molecule has 92 valence electrons. The van der Waals surface area contributed by atoms with Crippen molar-refractivity contribution in [3.63, 3.8) is 0 Å². The SMILES string of the molecule is Clc1ncc2c(n1)N1CCCC[C@@H]1c1nncn1-2. The Hall–Kier alpha value is -1.69. The molecular weight excluding hydrogens is 252 g/mol. The summed E-state index contributed by atoms with van der Waals surface area (Å²) in [6, 6.07) is 0.264. The van der Waals surface area contributed by atoms with Crippen LogP contribution in [0.25, 0.3) is 5.69 Å². The van der Waals surface area contributed by atoms with Gasteiger partial charge in [-0.2, -0.15) is 4.98 Å². The van der Waals surface area contributed by atoms with E-state index in [0.29, 0.717) is 0 Å². The quantitative estimate of drug-likeness (QED) is 0.677. The van der Waals surface area contributed by atoms with Crippen molar-refractivity contribution in [3.8, 4) is 5.69 Å². The van der Waals surface area contributed by atoms with Gasteiger partial charge < -0.3 is 4.90 Å². The van der Waals surface area contributed by atoms with Gasteiger partial charge in [0.2, 0.25) is 5.28 Å². The molecule has 4 rings (SSSR count). The molecule has 2 aromatic heterocycles. The molecule has 2 aliphatic rings. The van der Waals surface area contributed by atoms with E-state index in [1.54, 1.807) is 12.5 Å². The number of aromatic nitrogens is 5. The molecule has 0 bridgehead atoms. The minimum absolute atomic E-state index is 0.264. The first kappa shape index (κ1) is 10.3. The van der Waals surface area contributed by atoms with E-state index in [4.69, 9.17) is 11.6 Å². The van der Waals surface area contributed by atoms with E-state index in [0.717, 1.165) is 30.3 Å². The molecule has 1 fully saturated rings. The fourth-order valence-corrected chi connectivity index (χ4v) is 2.97. The highest BCUT2D eigenvalue weighted by Gasteiger charge is 2.35. The first-order valence-corrected chi connectivity index (χ1v) is 6.42. The Morgan fingerprint density at radius 2 is 2.28 bits per heavy atom. The van der Waals surface area contributed by atoms with E-state index >= 15 is 0 Å². The van der Waals surface area contributed by atoms with Crippen LogP contribution in [0.2, 0.25) is 5.28 Å². The second-order valence-electron chi connectivity index (χ2n) is 4.61. The number of nitrogens with zero attached hydrogens (tertiary/aromatic N) is 6. The van der Waals surface area contributed by atoms with Gasteiger partial charge in [-0.3, -0.25) is 4.57 Å². The number of halogens is 1. The van der Waals surface area contributed by atoms with Crippen molar-refractivity contribution in [2.45, 2.75) is 25.3 Å². The van der Waals surface area contributed by atoms with E-state index in [9.17, 15) is 0 Å². The van der Waals surface area contributed by atoms with Crippen LogP contribution in [0.3, 0.4) is 0 Å². The standard InChI is InChI=1S/C11H11ClN6/c12-11-13-5-8-9(15-11)17-4-2-1-3-7(17)10-16-14-6-18(8)10/h5-7H,1-4H2/t7-/m1/s1. The molecule has 4 heterocycles. The van der Waals surface area contributed by atoms with Gasteiger partial charge in [-0.15, -0.1) is 10.2 Å². The van der Waals surface area contributed by atoms with E-state index in [1.165, 1.54) is 12.8 Å². The van der Waals surface area contributed by atoms with Crippen LogP contribution in [0.1, 0.15) is 31.1 Å². The molecule has 0 unspecified atom stereocenters. The van der Waals surface area contributed by atoms with Crippen LogP contribution in [-0.2, 0) is 0 Å². The Labute approximate surface area is 109 Å². The summed E-state index contributed by atoms with van der Waals surface area (Å²) in [5, 5.41) is 8.55. The predicted octanol–water partition coefficient (Wildman–Crippen LogP) is 1.76. The summed E-state index contributed by atoms with van der Waals surface area (Å²) in [6.07, 6.45) is 6.92. The molecule has 18 heavy (non-hydrogen) atoms. The van der Waals surface area contributed by atoms with Gasteiger partial charge in [-0.05, 0) is 30.9 Å². The maximum atomic E-state index is 5.92. The first-order valence-electron chi connectivity index (χ1n) is 6.04. The van der Waals surface area contributed by atoms with Gasteiger partial charge in [0, 0.05) is 6.54 Å². The average molecular weight is 263 g/mol. The molecule has 7 heteroatoms. The average Bonchev–Trinajstić information content (AvgIpc) is 2.88. The molecule has 0 aliphatic carbocycles. The Balaban J connectivity index is 1.97. The minimum atomic E-state index is 0.264. The molecule has 0 radical (unpaired) electrons. The van der Waals surface area contributed by atoms with E-state index in [1.807, 2.05) is 4.57 Å². The first-order chi connectivity index (χ1) is 8.84. The zero-order chi connectivity index (χ0) is 12.1. The Morgan fingerprint density at radius 1 is 1.33 bits per heavy atom. The normalized spacial score (nSPS) is 21.2. The fourth-order valence-electron chi connectivity index (χ4n) is 2.84. The molecule has 0 N–H and O–H groups in total. The van der Waals surface area contributed by atoms with Crippen molar-refractivity contribution in [2.75, 3.05) is 11.4 Å². The van der Waals surface area contributed by atoms with E-state index in [2.05, 4.69) is 25.1 Å². The summed E-state index contributed by atoms with van der Waals surface area (Å²) >= 11 is 5.92. The maximum absolute atomic E-state index is 5.92. The number of rotatable bonds is 0. The molecule has 0 saturated carbocycles. The number of anilines is 1. The third kappa shape index (κ3) is 1.29. The molecule has 0 amide bonds. The summed E-state index contributed by atoms with van der Waals surface area (Å²) in [6.45, 7) is 0.984. The molecule has 0 spiro atoms. The lowest BCUT2D eigenvalue weighted by atomic mass is 9.99. The third-order valence-electron chi connectivity index (χ3n) is 3.63. The highest BCUT2D eigenvalue weighted by molar-refractivity contribution is 6.28. The van der Waals surface area contributed by atoms with Gasteiger partial charge in [0.25, 0.3) is 0 Å². The summed E-state index contributed by atoms with van der Waals surface area (Å²) < 4.78 is 1.97. The van der Waals surface area contributed by atoms with Crippen LogP contribution >= 0.6 is 11.6 Å². The van der Waals surface area contributed by atoms with Gasteiger partial charge in [-0.25, -0.2) is 4.98 Å². The zero-order valence-electron chi connectivity index (χ0n) is 9.62. The number of fused-ring (bicyclic) bond motifs is 6. The predicted molar refractivity (Wildman–Crippen MR) is 65.9 cm³/mol. The molecule has 1 saturated heterocycles. The highest BCUT2D eigenvalue weighted by Crippen LogP contribution is 2.40. The van der Waals surface area contributed by atoms with Crippen molar-refractivity contribution in [1.82, 2.24) is 24.7 Å². The lowest BCUT2D eigenvalue weighted by Gasteiger charge is -2.40. The number of hydrogen-bond acceptors (Lipinski definition) is 5. The van der Waals surface area contributed by atoms with Gasteiger partial charge >= 0.3 is 0 Å². The van der Waals surface area contributed by atoms with Crippen LogP contribution in [0.5, 0.6) is 0 Å². The number of hydrogen-bond donors (Lipinski definition) is 0. The van der Waals surface area contributed by atoms with Crippen molar-refractivity contribution in [2.24, 2.45) is 0 Å². The summed E-state index contributed by atoms with van der Waals surface area (Å²) in [7, 11) is 0. The third-order valence-corrected chi connectivity index (χ3v) is 3.81. The van der Waals surface area contributed by atoms with Gasteiger partial charge in [-0.1, -0.05) is 0 Å². The van der Waals surface area contributed by atoms with Crippen LogP contribution < -0.4 is 4.90 Å². The lowest BCUT2D eigenvalue weighted by Crippen LogP contribution is -2.39. The van der Waals surface area contributed by atoms with Crippen LogP contribution in [-0.4, -0.2) is 31.3 Å². The van der Waals surface area contributed by atoms with Gasteiger partial charge in [0.1, 0.15) is 12.0 Å². The van der Waals surface area contributed by atoms with Gasteiger partial charge in [0.05, 0.1) is 12.2 Å². The van der Waals surface area contributed by atoms with Crippen molar-refractivity contribution >= 4 is 17.4 Å². The van der Waals surface area contributed by atoms with E-state index in [-0.39, 0.29) is 11.3 Å². The number of piperidine rings is 1. The Morgan fingerprint density at radius 3 is 3.22 bits per heavy atom. The molecule has 2 aliphatic heterocycles.